The number of anilines is 2. The lowest BCUT2D eigenvalue weighted by atomic mass is 10.2. The first-order chi connectivity index (χ1) is 10.0. The van der Waals surface area contributed by atoms with Crippen LogP contribution in [0, 0.1) is 17.0 Å². The standard InChI is InChI=1S/C13H13N5O3/c1-8-4-3-5-11(16-8)17-13(19)10-6-9(18(20)21)7-15-12(10)14-2/h3-7H,1-2H3,(H,14,15)(H,16,17,19). The maximum atomic E-state index is 12.2. The number of rotatable bonds is 4. The Balaban J connectivity index is 2.33. The first-order valence-electron chi connectivity index (χ1n) is 6.08. The summed E-state index contributed by atoms with van der Waals surface area (Å²) in [4.78, 5) is 30.4. The van der Waals surface area contributed by atoms with Crippen molar-refractivity contribution in [1.29, 1.82) is 0 Å². The van der Waals surface area contributed by atoms with Gasteiger partial charge in [-0.2, -0.15) is 0 Å². The molecular weight excluding hydrogens is 274 g/mol. The van der Waals surface area contributed by atoms with Gasteiger partial charge >= 0.3 is 0 Å². The molecule has 108 valence electrons. The Morgan fingerprint density at radius 1 is 1.38 bits per heavy atom. The Kier molecular flexibility index (Phi) is 4.07. The number of carbonyl (C=O) groups excluding carboxylic acids is 1. The third-order valence-corrected chi connectivity index (χ3v) is 2.70. The van der Waals surface area contributed by atoms with Crippen molar-refractivity contribution < 1.29 is 9.72 Å². The van der Waals surface area contributed by atoms with E-state index in [1.807, 2.05) is 0 Å². The van der Waals surface area contributed by atoms with E-state index in [1.165, 1.54) is 6.07 Å². The molecule has 0 aliphatic rings. The minimum absolute atomic E-state index is 0.0787. The van der Waals surface area contributed by atoms with Gasteiger partial charge in [-0.25, -0.2) is 9.97 Å². The Morgan fingerprint density at radius 3 is 2.76 bits per heavy atom. The van der Waals surface area contributed by atoms with E-state index in [1.54, 1.807) is 32.2 Å². The molecule has 0 radical (unpaired) electrons. The molecular formula is C13H13N5O3. The van der Waals surface area contributed by atoms with Gasteiger partial charge in [-0.3, -0.25) is 14.9 Å². The molecule has 1 amide bonds. The molecule has 0 aromatic carbocycles. The minimum atomic E-state index is -0.603. The molecule has 0 saturated heterocycles. The number of carbonyl (C=O) groups is 1. The van der Waals surface area contributed by atoms with Crippen LogP contribution in [0.4, 0.5) is 17.3 Å². The van der Waals surface area contributed by atoms with Crippen LogP contribution in [0.25, 0.3) is 0 Å². The van der Waals surface area contributed by atoms with E-state index in [-0.39, 0.29) is 17.1 Å². The highest BCUT2D eigenvalue weighted by molar-refractivity contribution is 6.07. The van der Waals surface area contributed by atoms with Crippen molar-refractivity contribution in [3.8, 4) is 0 Å². The van der Waals surface area contributed by atoms with Gasteiger partial charge < -0.3 is 10.6 Å². The lowest BCUT2D eigenvalue weighted by Crippen LogP contribution is -2.16. The van der Waals surface area contributed by atoms with Crippen LogP contribution >= 0.6 is 0 Å². The normalized spacial score (nSPS) is 10.0. The van der Waals surface area contributed by atoms with Crippen LogP contribution in [0.5, 0.6) is 0 Å². The maximum absolute atomic E-state index is 12.2. The zero-order valence-electron chi connectivity index (χ0n) is 11.5. The molecule has 2 aromatic heterocycles. The molecule has 0 bridgehead atoms. The second-order valence-corrected chi connectivity index (χ2v) is 4.22. The summed E-state index contributed by atoms with van der Waals surface area (Å²) in [6.45, 7) is 1.80. The number of pyridine rings is 2. The number of hydrogen-bond donors (Lipinski definition) is 2. The van der Waals surface area contributed by atoms with Crippen LogP contribution in [-0.4, -0.2) is 27.8 Å². The van der Waals surface area contributed by atoms with E-state index in [2.05, 4.69) is 20.6 Å². The van der Waals surface area contributed by atoms with E-state index in [9.17, 15) is 14.9 Å². The van der Waals surface area contributed by atoms with Crippen molar-refractivity contribution in [2.45, 2.75) is 6.92 Å². The van der Waals surface area contributed by atoms with Crippen molar-refractivity contribution in [1.82, 2.24) is 9.97 Å². The summed E-state index contributed by atoms with van der Waals surface area (Å²) in [5.74, 6) is 0.105. The summed E-state index contributed by atoms with van der Waals surface area (Å²) < 4.78 is 0. The van der Waals surface area contributed by atoms with Gasteiger partial charge in [0.15, 0.2) is 0 Å². The first-order valence-corrected chi connectivity index (χ1v) is 6.08. The number of aromatic nitrogens is 2. The van der Waals surface area contributed by atoms with Crippen LogP contribution in [-0.2, 0) is 0 Å². The molecule has 0 spiro atoms. The van der Waals surface area contributed by atoms with E-state index in [0.717, 1.165) is 11.9 Å². The summed E-state index contributed by atoms with van der Waals surface area (Å²) in [5, 5.41) is 16.1. The monoisotopic (exact) mass is 287 g/mol. The van der Waals surface area contributed by atoms with Crippen LogP contribution < -0.4 is 10.6 Å². The second kappa shape index (κ2) is 5.95. The van der Waals surface area contributed by atoms with Gasteiger partial charge in [0, 0.05) is 18.8 Å². The van der Waals surface area contributed by atoms with E-state index in [0.29, 0.717) is 5.82 Å². The van der Waals surface area contributed by atoms with Gasteiger partial charge in [0.05, 0.1) is 10.5 Å². The van der Waals surface area contributed by atoms with E-state index >= 15 is 0 Å². The molecule has 2 aromatic rings. The average molecular weight is 287 g/mol. The van der Waals surface area contributed by atoms with Crippen LogP contribution in [0.3, 0.4) is 0 Å². The van der Waals surface area contributed by atoms with Crippen molar-refractivity contribution in [3.63, 3.8) is 0 Å². The zero-order valence-corrected chi connectivity index (χ0v) is 11.5. The molecule has 8 nitrogen and oxygen atoms in total. The fraction of sp³-hybridized carbons (Fsp3) is 0.154. The smallest absolute Gasteiger partial charge is 0.288 e. The molecule has 8 heteroatoms. The second-order valence-electron chi connectivity index (χ2n) is 4.22. The van der Waals surface area contributed by atoms with Gasteiger partial charge in [-0.05, 0) is 19.1 Å². The summed E-state index contributed by atoms with van der Waals surface area (Å²) in [7, 11) is 1.58. The lowest BCUT2D eigenvalue weighted by molar-refractivity contribution is -0.385. The number of nitrogens with zero attached hydrogens (tertiary/aromatic N) is 3. The number of hydrogen-bond acceptors (Lipinski definition) is 6. The summed E-state index contributed by atoms with van der Waals surface area (Å²) >= 11 is 0. The lowest BCUT2D eigenvalue weighted by Gasteiger charge is -2.08. The molecule has 2 N–H and O–H groups in total. The Labute approximate surface area is 120 Å². The van der Waals surface area contributed by atoms with Gasteiger partial charge in [-0.15, -0.1) is 0 Å². The van der Waals surface area contributed by atoms with Gasteiger partial charge in [-0.1, -0.05) is 6.07 Å². The largest absolute Gasteiger partial charge is 0.372 e. The molecule has 0 saturated carbocycles. The third-order valence-electron chi connectivity index (χ3n) is 2.70. The van der Waals surface area contributed by atoms with Crippen LogP contribution in [0.2, 0.25) is 0 Å². The molecule has 0 atom stereocenters. The average Bonchev–Trinajstić information content (AvgIpc) is 2.46. The van der Waals surface area contributed by atoms with Gasteiger partial charge in [0.2, 0.25) is 0 Å². The Hall–Kier alpha value is -3.03. The minimum Gasteiger partial charge on any atom is -0.372 e. The Morgan fingerprint density at radius 2 is 2.14 bits per heavy atom. The van der Waals surface area contributed by atoms with Gasteiger partial charge in [0.1, 0.15) is 17.8 Å². The molecule has 21 heavy (non-hydrogen) atoms. The fourth-order valence-electron chi connectivity index (χ4n) is 1.72. The zero-order chi connectivity index (χ0) is 15.4. The molecule has 0 aliphatic carbocycles. The predicted octanol–water partition coefficient (Wildman–Crippen LogP) is 1.99. The van der Waals surface area contributed by atoms with E-state index < -0.39 is 10.8 Å². The highest BCUT2D eigenvalue weighted by atomic mass is 16.6. The Bertz CT molecular complexity index is 702. The number of nitro groups is 1. The van der Waals surface area contributed by atoms with Crippen LogP contribution in [0.1, 0.15) is 16.1 Å². The highest BCUT2D eigenvalue weighted by Gasteiger charge is 2.18. The van der Waals surface area contributed by atoms with E-state index in [4.69, 9.17) is 0 Å². The molecule has 0 fully saturated rings. The molecule has 2 rings (SSSR count). The van der Waals surface area contributed by atoms with Crippen molar-refractivity contribution >= 4 is 23.2 Å². The number of amides is 1. The molecule has 0 aliphatic heterocycles. The van der Waals surface area contributed by atoms with Crippen LogP contribution in [0.15, 0.2) is 30.5 Å². The molecule has 0 unspecified atom stereocenters. The van der Waals surface area contributed by atoms with Gasteiger partial charge in [0.25, 0.3) is 11.6 Å². The predicted molar refractivity (Wildman–Crippen MR) is 77.4 cm³/mol. The highest BCUT2D eigenvalue weighted by Crippen LogP contribution is 2.20. The van der Waals surface area contributed by atoms with Crippen molar-refractivity contribution in [3.05, 3.63) is 51.8 Å². The summed E-state index contributed by atoms with van der Waals surface area (Å²) in [5.41, 5.74) is 0.574. The maximum Gasteiger partial charge on any atom is 0.288 e. The first kappa shape index (κ1) is 14.4. The summed E-state index contributed by atoms with van der Waals surface area (Å²) in [6.07, 6.45) is 1.09. The SMILES string of the molecule is CNc1ncc([N+](=O)[O-])cc1C(=O)Nc1cccc(C)n1. The number of nitrogens with one attached hydrogen (secondary N) is 2. The summed E-state index contributed by atoms with van der Waals surface area (Å²) in [6, 6.07) is 6.35. The van der Waals surface area contributed by atoms with Crippen molar-refractivity contribution in [2.75, 3.05) is 17.7 Å². The topological polar surface area (TPSA) is 110 Å². The number of aryl methyl sites for hydroxylation is 1. The van der Waals surface area contributed by atoms with Crippen molar-refractivity contribution in [2.24, 2.45) is 0 Å². The fourth-order valence-corrected chi connectivity index (χ4v) is 1.72. The molecule has 2 heterocycles. The third kappa shape index (κ3) is 3.30. The quantitative estimate of drug-likeness (QED) is 0.657.